The first-order valence-corrected chi connectivity index (χ1v) is 15.6. The molecule has 6 nitrogen and oxygen atoms in total. The molecule has 0 fully saturated rings. The Hall–Kier alpha value is -2.92. The lowest BCUT2D eigenvalue weighted by Gasteiger charge is -2.07. The SMILES string of the molecule is Cc1ccc(S(=O)(=O)[O-])cc1.O=C(NCCc1ccccc1[I+]c1ccc(Cl)cc1)OCc1ccccc1. The Kier molecular flexibility index (Phi) is 11.6. The van der Waals surface area contributed by atoms with E-state index in [9.17, 15) is 17.8 Å². The lowest BCUT2D eigenvalue weighted by atomic mass is 10.1. The average Bonchev–Trinajstić information content (AvgIpc) is 2.90. The molecule has 1 amide bonds. The van der Waals surface area contributed by atoms with Crippen LogP contribution in [0.15, 0.2) is 108 Å². The van der Waals surface area contributed by atoms with Crippen LogP contribution in [0.5, 0.6) is 0 Å². The summed E-state index contributed by atoms with van der Waals surface area (Å²) in [6.45, 7) is 2.65. The first-order valence-electron chi connectivity index (χ1n) is 11.7. The van der Waals surface area contributed by atoms with Crippen molar-refractivity contribution >= 4 is 27.8 Å². The van der Waals surface area contributed by atoms with E-state index in [1.807, 2.05) is 55.5 Å². The fourth-order valence-electron chi connectivity index (χ4n) is 3.18. The molecule has 0 unspecified atom stereocenters. The maximum Gasteiger partial charge on any atom is 0.407 e. The maximum absolute atomic E-state index is 11.9. The summed E-state index contributed by atoms with van der Waals surface area (Å²) in [6.07, 6.45) is 0.396. The van der Waals surface area contributed by atoms with Gasteiger partial charge in [-0.2, -0.15) is 0 Å². The van der Waals surface area contributed by atoms with Crippen LogP contribution in [0, 0.1) is 14.1 Å². The molecule has 4 rings (SSSR count). The third-order valence-electron chi connectivity index (χ3n) is 5.16. The molecule has 0 aliphatic heterocycles. The molecule has 0 saturated carbocycles. The van der Waals surface area contributed by atoms with Gasteiger partial charge in [0.05, 0.1) is 4.90 Å². The second kappa shape index (κ2) is 14.9. The van der Waals surface area contributed by atoms with E-state index < -0.39 is 10.1 Å². The van der Waals surface area contributed by atoms with E-state index in [1.54, 1.807) is 12.1 Å². The normalized spacial score (nSPS) is 10.7. The van der Waals surface area contributed by atoms with Crippen LogP contribution in [-0.2, 0) is 27.9 Å². The van der Waals surface area contributed by atoms with Gasteiger partial charge in [-0.25, -0.2) is 13.2 Å². The third kappa shape index (κ3) is 10.4. The maximum atomic E-state index is 11.9. The van der Waals surface area contributed by atoms with Gasteiger partial charge in [-0.15, -0.1) is 0 Å². The number of hydrogen-bond donors (Lipinski definition) is 1. The highest BCUT2D eigenvalue weighted by Gasteiger charge is 2.19. The smallest absolute Gasteiger partial charge is 0.407 e. The number of halogens is 2. The quantitative estimate of drug-likeness (QED) is 0.231. The molecular weight excluding hydrogens is 637 g/mol. The lowest BCUT2D eigenvalue weighted by molar-refractivity contribution is -0.598. The summed E-state index contributed by atoms with van der Waals surface area (Å²) in [6, 6.07) is 31.9. The molecule has 0 aromatic heterocycles. The van der Waals surface area contributed by atoms with Crippen LogP contribution >= 0.6 is 11.6 Å². The van der Waals surface area contributed by atoms with Gasteiger partial charge in [0, 0.05) is 17.1 Å². The van der Waals surface area contributed by atoms with E-state index in [-0.39, 0.29) is 38.8 Å². The van der Waals surface area contributed by atoms with Crippen molar-refractivity contribution in [1.29, 1.82) is 0 Å². The molecule has 0 radical (unpaired) electrons. The van der Waals surface area contributed by atoms with Crippen molar-refractivity contribution in [3.8, 4) is 0 Å². The van der Waals surface area contributed by atoms with Crippen LogP contribution in [0.4, 0.5) is 4.79 Å². The minimum absolute atomic E-state index is 0.178. The predicted molar refractivity (Wildman–Crippen MR) is 143 cm³/mol. The highest BCUT2D eigenvalue weighted by atomic mass is 127. The molecule has 1 N–H and O–H groups in total. The highest BCUT2D eigenvalue weighted by Crippen LogP contribution is 2.08. The zero-order valence-electron chi connectivity index (χ0n) is 20.6. The molecule has 0 spiro atoms. The predicted octanol–water partition coefficient (Wildman–Crippen LogP) is 2.84. The molecule has 0 aliphatic rings. The van der Waals surface area contributed by atoms with Crippen LogP contribution in [0.3, 0.4) is 0 Å². The van der Waals surface area contributed by atoms with Crippen molar-refractivity contribution in [3.05, 3.63) is 132 Å². The van der Waals surface area contributed by atoms with Gasteiger partial charge in [0.15, 0.2) is 7.14 Å². The Labute approximate surface area is 239 Å². The van der Waals surface area contributed by atoms with Gasteiger partial charge in [-0.05, 0) is 61.4 Å². The molecule has 0 heterocycles. The van der Waals surface area contributed by atoms with Gasteiger partial charge in [0.1, 0.15) is 16.7 Å². The number of alkyl carbamates (subject to hydrolysis) is 1. The number of ether oxygens (including phenoxy) is 1. The number of rotatable bonds is 8. The van der Waals surface area contributed by atoms with E-state index in [2.05, 4.69) is 35.6 Å². The molecule has 198 valence electrons. The van der Waals surface area contributed by atoms with Crippen molar-refractivity contribution in [2.24, 2.45) is 0 Å². The number of aryl methyl sites for hydroxylation is 1. The molecular formula is C29H27ClINO5S. The van der Waals surface area contributed by atoms with Gasteiger partial charge >= 0.3 is 27.3 Å². The zero-order valence-corrected chi connectivity index (χ0v) is 24.4. The second-order valence-electron chi connectivity index (χ2n) is 8.13. The lowest BCUT2D eigenvalue weighted by Crippen LogP contribution is -3.61. The molecule has 0 bridgehead atoms. The van der Waals surface area contributed by atoms with Crippen molar-refractivity contribution in [1.82, 2.24) is 5.32 Å². The van der Waals surface area contributed by atoms with E-state index in [0.29, 0.717) is 6.54 Å². The Morgan fingerprint density at radius 3 is 2.18 bits per heavy atom. The number of benzene rings is 4. The summed E-state index contributed by atoms with van der Waals surface area (Å²) >= 11 is 5.69. The fourth-order valence-corrected chi connectivity index (χ4v) is 6.35. The first-order chi connectivity index (χ1) is 18.2. The van der Waals surface area contributed by atoms with Crippen LogP contribution in [0.2, 0.25) is 5.02 Å². The van der Waals surface area contributed by atoms with Crippen molar-refractivity contribution < 1.29 is 43.7 Å². The van der Waals surface area contributed by atoms with E-state index >= 15 is 0 Å². The first kappa shape index (κ1) is 29.6. The van der Waals surface area contributed by atoms with Crippen LogP contribution in [-0.4, -0.2) is 25.6 Å². The van der Waals surface area contributed by atoms with Crippen LogP contribution in [0.25, 0.3) is 0 Å². The molecule has 9 heteroatoms. The third-order valence-corrected chi connectivity index (χ3v) is 9.24. The average molecular weight is 664 g/mol. The van der Waals surface area contributed by atoms with Gasteiger partial charge < -0.3 is 14.6 Å². The number of hydrogen-bond acceptors (Lipinski definition) is 5. The van der Waals surface area contributed by atoms with E-state index in [1.165, 1.54) is 24.8 Å². The Morgan fingerprint density at radius 1 is 0.895 bits per heavy atom. The second-order valence-corrected chi connectivity index (χ2v) is 12.9. The highest BCUT2D eigenvalue weighted by molar-refractivity contribution is 7.85. The molecule has 38 heavy (non-hydrogen) atoms. The van der Waals surface area contributed by atoms with E-state index in [4.69, 9.17) is 16.3 Å². The number of nitrogens with one attached hydrogen (secondary N) is 1. The fraction of sp³-hybridized carbons (Fsp3) is 0.138. The summed E-state index contributed by atoms with van der Waals surface area (Å²) in [5, 5.41) is 3.59. The zero-order chi connectivity index (χ0) is 27.4. The summed E-state index contributed by atoms with van der Waals surface area (Å²) in [4.78, 5) is 11.7. The number of amides is 1. The summed E-state index contributed by atoms with van der Waals surface area (Å²) in [5.41, 5.74) is 3.17. The van der Waals surface area contributed by atoms with Crippen LogP contribution in [0.1, 0.15) is 16.7 Å². The van der Waals surface area contributed by atoms with Crippen LogP contribution < -0.4 is 26.5 Å². The largest absolute Gasteiger partial charge is 0.744 e. The van der Waals surface area contributed by atoms with Crippen molar-refractivity contribution in [3.63, 3.8) is 0 Å². The summed E-state index contributed by atoms with van der Waals surface area (Å²) in [5.74, 6) is 0. The van der Waals surface area contributed by atoms with Gasteiger partial charge in [0.25, 0.3) is 0 Å². The Bertz CT molecular complexity index is 1410. The molecule has 0 saturated heterocycles. The summed E-state index contributed by atoms with van der Waals surface area (Å²) < 4.78 is 39.1. The molecule has 0 aliphatic carbocycles. The Balaban J connectivity index is 0.000000304. The van der Waals surface area contributed by atoms with Crippen molar-refractivity contribution in [2.75, 3.05) is 6.54 Å². The number of carbonyl (C=O) groups excluding carboxylic acids is 1. The summed E-state index contributed by atoms with van der Waals surface area (Å²) in [7, 11) is -4.27. The van der Waals surface area contributed by atoms with Gasteiger partial charge in [0.2, 0.25) is 0 Å². The minimum Gasteiger partial charge on any atom is -0.744 e. The molecule has 0 atom stereocenters. The van der Waals surface area contributed by atoms with Gasteiger partial charge in [-0.1, -0.05) is 77.8 Å². The minimum atomic E-state index is -4.27. The van der Waals surface area contributed by atoms with Crippen molar-refractivity contribution in [2.45, 2.75) is 24.8 Å². The Morgan fingerprint density at radius 2 is 1.53 bits per heavy atom. The molecule has 4 aromatic rings. The standard InChI is InChI=1S/C22H19ClINO2.C7H8O3S/c23-19-10-12-20(13-11-19)24-21-9-5-4-8-18(21)14-15-25-22(26)27-16-17-6-2-1-3-7-17;1-6-2-4-7(5-3-6)11(8,9)10/h1-13H,14-16H2;2-5H,1H3,(H,8,9,10). The van der Waals surface area contributed by atoms with E-state index in [0.717, 1.165) is 22.6 Å². The van der Waals surface area contributed by atoms with Gasteiger partial charge in [-0.3, -0.25) is 0 Å². The molecule has 4 aromatic carbocycles. The monoisotopic (exact) mass is 663 g/mol. The topological polar surface area (TPSA) is 95.5 Å². The number of carbonyl (C=O) groups is 1.